The summed E-state index contributed by atoms with van der Waals surface area (Å²) in [6.07, 6.45) is 2.84. The highest BCUT2D eigenvalue weighted by Crippen LogP contribution is 2.19. The second kappa shape index (κ2) is 5.42. The average Bonchev–Trinajstić information content (AvgIpc) is 2.92. The Morgan fingerprint density at radius 1 is 1.47 bits per heavy atom. The second-order valence-corrected chi connectivity index (χ2v) is 4.89. The van der Waals surface area contributed by atoms with E-state index in [-0.39, 0.29) is 6.04 Å². The number of aryl methyl sites for hydroxylation is 2. The molecule has 1 unspecified atom stereocenters. The van der Waals surface area contributed by atoms with Gasteiger partial charge < -0.3 is 4.42 Å². The molecule has 92 valence electrons. The zero-order valence-electron chi connectivity index (χ0n) is 10.4. The average molecular weight is 251 g/mol. The van der Waals surface area contributed by atoms with Crippen LogP contribution in [0.5, 0.6) is 0 Å². The van der Waals surface area contributed by atoms with Crippen molar-refractivity contribution >= 4 is 11.3 Å². The van der Waals surface area contributed by atoms with E-state index in [2.05, 4.69) is 22.2 Å². The Morgan fingerprint density at radius 3 is 2.82 bits per heavy atom. The third-order valence-electron chi connectivity index (χ3n) is 2.73. The summed E-state index contributed by atoms with van der Waals surface area (Å²) in [6.45, 7) is 6.68. The van der Waals surface area contributed by atoms with Crippen LogP contribution in [0, 0.1) is 13.8 Å². The van der Waals surface area contributed by atoms with Crippen molar-refractivity contribution in [3.8, 4) is 0 Å². The van der Waals surface area contributed by atoms with Crippen LogP contribution >= 0.6 is 11.3 Å². The van der Waals surface area contributed by atoms with E-state index in [0.717, 1.165) is 28.8 Å². The molecule has 2 aromatic heterocycles. The van der Waals surface area contributed by atoms with E-state index in [0.29, 0.717) is 6.54 Å². The van der Waals surface area contributed by atoms with Crippen LogP contribution < -0.4 is 5.32 Å². The van der Waals surface area contributed by atoms with E-state index in [1.165, 1.54) is 0 Å². The first-order chi connectivity index (χ1) is 8.20. The lowest BCUT2D eigenvalue weighted by Crippen LogP contribution is -2.20. The van der Waals surface area contributed by atoms with Gasteiger partial charge in [0, 0.05) is 11.6 Å². The highest BCUT2D eigenvalue weighted by molar-refractivity contribution is 7.09. The molecule has 2 aromatic rings. The summed E-state index contributed by atoms with van der Waals surface area (Å²) in [6, 6.07) is 0.280. The minimum Gasteiger partial charge on any atom is -0.444 e. The Kier molecular flexibility index (Phi) is 3.91. The van der Waals surface area contributed by atoms with Crippen LogP contribution in [0.3, 0.4) is 0 Å². The molecule has 0 fully saturated rings. The van der Waals surface area contributed by atoms with E-state index < -0.39 is 0 Å². The molecular formula is C12H17N3OS. The summed E-state index contributed by atoms with van der Waals surface area (Å²) in [7, 11) is 0. The largest absolute Gasteiger partial charge is 0.444 e. The molecule has 2 heterocycles. The van der Waals surface area contributed by atoms with Crippen LogP contribution in [0.2, 0.25) is 0 Å². The molecule has 0 aliphatic heterocycles. The maximum Gasteiger partial charge on any atom is 0.208 e. The molecule has 1 atom stereocenters. The summed E-state index contributed by atoms with van der Waals surface area (Å²) in [4.78, 5) is 8.68. The molecule has 0 radical (unpaired) electrons. The Bertz CT molecular complexity index is 445. The topological polar surface area (TPSA) is 51.0 Å². The summed E-state index contributed by atoms with van der Waals surface area (Å²) in [5.41, 5.74) is 0.962. The normalized spacial score (nSPS) is 12.9. The quantitative estimate of drug-likeness (QED) is 0.887. The van der Waals surface area contributed by atoms with E-state index in [9.17, 15) is 0 Å². The van der Waals surface area contributed by atoms with Crippen molar-refractivity contribution in [1.29, 1.82) is 0 Å². The van der Waals surface area contributed by atoms with Gasteiger partial charge in [-0.15, -0.1) is 11.3 Å². The third-order valence-corrected chi connectivity index (χ3v) is 3.62. The van der Waals surface area contributed by atoms with Crippen LogP contribution in [-0.2, 0) is 6.54 Å². The first-order valence-corrected chi connectivity index (χ1v) is 6.64. The highest BCUT2D eigenvalue weighted by atomic mass is 32.1. The molecule has 0 saturated carbocycles. The SMILES string of the molecule is CCC(NCc1nc(C)c(C)o1)c1nccs1. The van der Waals surface area contributed by atoms with Gasteiger partial charge in [-0.3, -0.25) is 5.32 Å². The number of aromatic nitrogens is 2. The fourth-order valence-electron chi connectivity index (χ4n) is 1.64. The fourth-order valence-corrected chi connectivity index (χ4v) is 2.44. The minimum atomic E-state index is 0.280. The van der Waals surface area contributed by atoms with Crippen molar-refractivity contribution in [3.05, 3.63) is 33.9 Å². The van der Waals surface area contributed by atoms with Crippen LogP contribution in [0.1, 0.15) is 41.7 Å². The van der Waals surface area contributed by atoms with Gasteiger partial charge >= 0.3 is 0 Å². The molecule has 5 heteroatoms. The first-order valence-electron chi connectivity index (χ1n) is 5.76. The predicted octanol–water partition coefficient (Wildman–Crippen LogP) is 2.99. The molecule has 2 rings (SSSR count). The molecule has 4 nitrogen and oxygen atoms in total. The van der Waals surface area contributed by atoms with Gasteiger partial charge in [0.15, 0.2) is 0 Å². The van der Waals surface area contributed by atoms with Crippen molar-refractivity contribution in [1.82, 2.24) is 15.3 Å². The number of thiazole rings is 1. The number of hydrogen-bond acceptors (Lipinski definition) is 5. The van der Waals surface area contributed by atoms with Crippen molar-refractivity contribution in [3.63, 3.8) is 0 Å². The number of nitrogens with one attached hydrogen (secondary N) is 1. The number of rotatable bonds is 5. The van der Waals surface area contributed by atoms with E-state index in [4.69, 9.17) is 4.42 Å². The molecule has 0 aromatic carbocycles. The van der Waals surface area contributed by atoms with E-state index in [1.807, 2.05) is 25.4 Å². The first kappa shape index (κ1) is 12.3. The fraction of sp³-hybridized carbons (Fsp3) is 0.500. The van der Waals surface area contributed by atoms with Crippen LogP contribution in [-0.4, -0.2) is 9.97 Å². The van der Waals surface area contributed by atoms with Crippen LogP contribution in [0.25, 0.3) is 0 Å². The Morgan fingerprint density at radius 2 is 2.29 bits per heavy atom. The molecule has 0 aliphatic carbocycles. The molecule has 0 saturated heterocycles. The molecule has 1 N–H and O–H groups in total. The van der Waals surface area contributed by atoms with Crippen molar-refractivity contribution in [2.24, 2.45) is 0 Å². The lowest BCUT2D eigenvalue weighted by molar-refractivity contribution is 0.419. The molecule has 0 spiro atoms. The zero-order valence-corrected chi connectivity index (χ0v) is 11.2. The van der Waals surface area contributed by atoms with Gasteiger partial charge in [0.25, 0.3) is 0 Å². The Balaban J connectivity index is 1.97. The van der Waals surface area contributed by atoms with Gasteiger partial charge in [-0.25, -0.2) is 9.97 Å². The molecule has 0 amide bonds. The Labute approximate surface area is 105 Å². The maximum atomic E-state index is 5.54. The standard InChI is InChI=1S/C12H17N3OS/c1-4-10(12-13-5-6-17-12)14-7-11-15-8(2)9(3)16-11/h5-6,10,14H,4,7H2,1-3H3. The minimum absolute atomic E-state index is 0.280. The van der Waals surface area contributed by atoms with Gasteiger partial charge in [-0.2, -0.15) is 0 Å². The summed E-state index contributed by atoms with van der Waals surface area (Å²) >= 11 is 1.67. The lowest BCUT2D eigenvalue weighted by atomic mass is 10.2. The monoisotopic (exact) mass is 251 g/mol. The Hall–Kier alpha value is -1.20. The van der Waals surface area contributed by atoms with Crippen molar-refractivity contribution in [2.75, 3.05) is 0 Å². The van der Waals surface area contributed by atoms with Crippen LogP contribution in [0.4, 0.5) is 0 Å². The second-order valence-electron chi connectivity index (χ2n) is 3.96. The third kappa shape index (κ3) is 2.92. The van der Waals surface area contributed by atoms with Gasteiger partial charge in [-0.1, -0.05) is 6.92 Å². The predicted molar refractivity (Wildman–Crippen MR) is 68.0 cm³/mol. The van der Waals surface area contributed by atoms with Gasteiger partial charge in [0.2, 0.25) is 5.89 Å². The number of nitrogens with zero attached hydrogens (tertiary/aromatic N) is 2. The van der Waals surface area contributed by atoms with Gasteiger partial charge in [-0.05, 0) is 20.3 Å². The summed E-state index contributed by atoms with van der Waals surface area (Å²) in [5, 5.41) is 6.54. The van der Waals surface area contributed by atoms with Crippen LogP contribution in [0.15, 0.2) is 16.0 Å². The van der Waals surface area contributed by atoms with E-state index in [1.54, 1.807) is 11.3 Å². The van der Waals surface area contributed by atoms with Crippen molar-refractivity contribution < 1.29 is 4.42 Å². The molecular weight excluding hydrogens is 234 g/mol. The smallest absolute Gasteiger partial charge is 0.208 e. The zero-order chi connectivity index (χ0) is 12.3. The molecule has 17 heavy (non-hydrogen) atoms. The molecule has 0 aliphatic rings. The number of oxazole rings is 1. The van der Waals surface area contributed by atoms with Gasteiger partial charge in [0.1, 0.15) is 10.8 Å². The lowest BCUT2D eigenvalue weighted by Gasteiger charge is -2.12. The maximum absolute atomic E-state index is 5.54. The molecule has 0 bridgehead atoms. The van der Waals surface area contributed by atoms with Gasteiger partial charge in [0.05, 0.1) is 18.3 Å². The van der Waals surface area contributed by atoms with Crippen molar-refractivity contribution in [2.45, 2.75) is 39.8 Å². The number of hydrogen-bond donors (Lipinski definition) is 1. The highest BCUT2D eigenvalue weighted by Gasteiger charge is 2.13. The van der Waals surface area contributed by atoms with E-state index >= 15 is 0 Å². The summed E-state index contributed by atoms with van der Waals surface area (Å²) < 4.78 is 5.54. The summed E-state index contributed by atoms with van der Waals surface area (Å²) in [5.74, 6) is 1.64.